The Hall–Kier alpha value is -1.38. The van der Waals surface area contributed by atoms with Gasteiger partial charge in [0.25, 0.3) is 0 Å². The molecule has 0 unspecified atom stereocenters. The molecule has 2 aromatic heterocycles. The maximum absolute atomic E-state index is 3.76. The van der Waals surface area contributed by atoms with Crippen LogP contribution >= 0.6 is 0 Å². The Labute approximate surface area is 58.3 Å². The molecular weight excluding hydrogens is 126 g/mol. The van der Waals surface area contributed by atoms with Gasteiger partial charge in [0, 0.05) is 30.2 Å². The van der Waals surface area contributed by atoms with Crippen molar-refractivity contribution in [3.05, 3.63) is 24.8 Å². The van der Waals surface area contributed by atoms with E-state index in [1.54, 1.807) is 12.4 Å². The zero-order valence-corrected chi connectivity index (χ0v) is 5.65. The van der Waals surface area contributed by atoms with Gasteiger partial charge in [-0.05, 0) is 0 Å². The van der Waals surface area contributed by atoms with Crippen molar-refractivity contribution >= 4 is 10.8 Å². The fraction of sp³-hybridized carbons (Fsp3) is 0.143. The maximum Gasteiger partial charge on any atom is 0.0589 e. The van der Waals surface area contributed by atoms with Gasteiger partial charge in [-0.25, -0.2) is 0 Å². The lowest BCUT2D eigenvalue weighted by molar-refractivity contribution is 0.933. The van der Waals surface area contributed by atoms with Crippen molar-refractivity contribution in [3.63, 3.8) is 0 Å². The van der Waals surface area contributed by atoms with Gasteiger partial charge in [-0.1, -0.05) is 0 Å². The van der Waals surface area contributed by atoms with Gasteiger partial charge in [0.05, 0.1) is 12.4 Å². The molecule has 0 aliphatic heterocycles. The van der Waals surface area contributed by atoms with Crippen LogP contribution in [0.1, 0.15) is 0 Å². The first-order valence-corrected chi connectivity index (χ1v) is 3.08. The van der Waals surface area contributed by atoms with Gasteiger partial charge in [-0.2, -0.15) is 10.2 Å². The van der Waals surface area contributed by atoms with E-state index in [-0.39, 0.29) is 0 Å². The van der Waals surface area contributed by atoms with E-state index in [0.29, 0.717) is 0 Å². The first kappa shape index (κ1) is 5.41. The molecule has 0 N–H and O–H groups in total. The van der Waals surface area contributed by atoms with Crippen molar-refractivity contribution < 1.29 is 0 Å². The lowest BCUT2D eigenvalue weighted by Crippen LogP contribution is -1.76. The first-order valence-electron chi connectivity index (χ1n) is 3.08. The van der Waals surface area contributed by atoms with Gasteiger partial charge in [0.2, 0.25) is 0 Å². The third kappa shape index (κ3) is 0.673. The zero-order chi connectivity index (χ0) is 6.97. The average Bonchev–Trinajstić information content (AvgIpc) is 2.27. The monoisotopic (exact) mass is 133 g/mol. The van der Waals surface area contributed by atoms with Crippen molar-refractivity contribution in [3.8, 4) is 0 Å². The second kappa shape index (κ2) is 1.80. The van der Waals surface area contributed by atoms with Crippen LogP contribution in [0.3, 0.4) is 0 Å². The van der Waals surface area contributed by atoms with Gasteiger partial charge >= 0.3 is 0 Å². The molecule has 0 bridgehead atoms. The Balaban J connectivity index is 2.88. The summed E-state index contributed by atoms with van der Waals surface area (Å²) in [5.41, 5.74) is 0. The molecule has 0 aromatic carbocycles. The van der Waals surface area contributed by atoms with Crippen molar-refractivity contribution in [2.75, 3.05) is 0 Å². The van der Waals surface area contributed by atoms with Crippen molar-refractivity contribution in [2.24, 2.45) is 7.05 Å². The number of fused-ring (bicyclic) bond motifs is 1. The Kier molecular flexibility index (Phi) is 0.974. The third-order valence-corrected chi connectivity index (χ3v) is 1.48. The summed E-state index contributed by atoms with van der Waals surface area (Å²) in [5.74, 6) is 0. The fourth-order valence-electron chi connectivity index (χ4n) is 1.03. The van der Waals surface area contributed by atoms with Crippen LogP contribution in [0.5, 0.6) is 0 Å². The Morgan fingerprint density at radius 3 is 2.10 bits per heavy atom. The molecule has 3 heteroatoms. The van der Waals surface area contributed by atoms with E-state index < -0.39 is 0 Å². The largest absolute Gasteiger partial charge is 0.356 e. The molecule has 0 atom stereocenters. The zero-order valence-electron chi connectivity index (χ0n) is 5.65. The normalized spacial score (nSPS) is 10.5. The maximum atomic E-state index is 3.76. The second-order valence-electron chi connectivity index (χ2n) is 2.32. The number of nitrogens with zero attached hydrogens (tertiary/aromatic N) is 3. The molecule has 0 saturated carbocycles. The number of hydrogen-bond acceptors (Lipinski definition) is 2. The molecule has 0 spiro atoms. The molecule has 0 amide bonds. The van der Waals surface area contributed by atoms with Crippen LogP contribution in [-0.4, -0.2) is 14.8 Å². The SMILES string of the molecule is Cn1cc2cnncc2c1. The number of aryl methyl sites for hydroxylation is 1. The standard InChI is InChI=1S/C7H7N3/c1-10-4-6-2-8-9-3-7(6)5-10/h2-5H,1H3. The minimum atomic E-state index is 1.14. The predicted molar refractivity (Wildman–Crippen MR) is 38.5 cm³/mol. The summed E-state index contributed by atoms with van der Waals surface area (Å²) in [4.78, 5) is 0. The molecule has 0 aliphatic carbocycles. The van der Waals surface area contributed by atoms with Crippen LogP contribution in [0.2, 0.25) is 0 Å². The Bertz CT molecular complexity index is 317. The van der Waals surface area contributed by atoms with Crippen LogP contribution in [0.25, 0.3) is 10.8 Å². The summed E-state index contributed by atoms with van der Waals surface area (Å²) < 4.78 is 1.99. The quantitative estimate of drug-likeness (QED) is 0.536. The lowest BCUT2D eigenvalue weighted by atomic mass is 10.3. The summed E-state index contributed by atoms with van der Waals surface area (Å²) >= 11 is 0. The highest BCUT2D eigenvalue weighted by molar-refractivity contribution is 5.80. The van der Waals surface area contributed by atoms with Gasteiger partial charge in [-0.15, -0.1) is 0 Å². The molecule has 2 rings (SSSR count). The lowest BCUT2D eigenvalue weighted by Gasteiger charge is -1.80. The molecule has 0 saturated heterocycles. The first-order chi connectivity index (χ1) is 4.86. The van der Waals surface area contributed by atoms with E-state index in [1.165, 1.54) is 0 Å². The summed E-state index contributed by atoms with van der Waals surface area (Å²) in [6.07, 6.45) is 7.55. The number of aromatic nitrogens is 3. The van der Waals surface area contributed by atoms with E-state index in [4.69, 9.17) is 0 Å². The minimum absolute atomic E-state index is 1.14. The van der Waals surface area contributed by atoms with Crippen LogP contribution in [0.4, 0.5) is 0 Å². The smallest absolute Gasteiger partial charge is 0.0589 e. The van der Waals surface area contributed by atoms with Crippen molar-refractivity contribution in [1.82, 2.24) is 14.8 Å². The van der Waals surface area contributed by atoms with Gasteiger partial charge in [-0.3, -0.25) is 0 Å². The summed E-state index contributed by atoms with van der Waals surface area (Å²) in [7, 11) is 1.99. The summed E-state index contributed by atoms with van der Waals surface area (Å²) in [6, 6.07) is 0. The van der Waals surface area contributed by atoms with Gasteiger partial charge in [0.15, 0.2) is 0 Å². The summed E-state index contributed by atoms with van der Waals surface area (Å²) in [5, 5.41) is 9.80. The van der Waals surface area contributed by atoms with E-state index >= 15 is 0 Å². The number of hydrogen-bond donors (Lipinski definition) is 0. The minimum Gasteiger partial charge on any atom is -0.356 e. The molecule has 0 radical (unpaired) electrons. The molecule has 10 heavy (non-hydrogen) atoms. The number of rotatable bonds is 0. The highest BCUT2D eigenvalue weighted by Gasteiger charge is 1.93. The molecule has 0 aliphatic rings. The third-order valence-electron chi connectivity index (χ3n) is 1.48. The molecule has 3 nitrogen and oxygen atoms in total. The van der Waals surface area contributed by atoms with Gasteiger partial charge < -0.3 is 4.57 Å². The van der Waals surface area contributed by atoms with Crippen molar-refractivity contribution in [2.45, 2.75) is 0 Å². The van der Waals surface area contributed by atoms with Crippen LogP contribution in [0.15, 0.2) is 24.8 Å². The van der Waals surface area contributed by atoms with Crippen molar-refractivity contribution in [1.29, 1.82) is 0 Å². The molecular formula is C7H7N3. The highest BCUT2D eigenvalue weighted by atomic mass is 15.1. The summed E-state index contributed by atoms with van der Waals surface area (Å²) in [6.45, 7) is 0. The molecule has 2 heterocycles. The Morgan fingerprint density at radius 2 is 1.60 bits per heavy atom. The van der Waals surface area contributed by atoms with E-state index in [1.807, 2.05) is 24.0 Å². The van der Waals surface area contributed by atoms with Gasteiger partial charge in [0.1, 0.15) is 0 Å². The fourth-order valence-corrected chi connectivity index (χ4v) is 1.03. The topological polar surface area (TPSA) is 30.7 Å². The predicted octanol–water partition coefficient (Wildman–Crippen LogP) is 0.968. The highest BCUT2D eigenvalue weighted by Crippen LogP contribution is 2.09. The molecule has 50 valence electrons. The second-order valence-corrected chi connectivity index (χ2v) is 2.32. The Morgan fingerprint density at radius 1 is 1.10 bits per heavy atom. The van der Waals surface area contributed by atoms with Crippen LogP contribution in [0, 0.1) is 0 Å². The molecule has 0 fully saturated rings. The molecule has 2 aromatic rings. The van der Waals surface area contributed by atoms with Crippen LogP contribution < -0.4 is 0 Å². The van der Waals surface area contributed by atoms with Crippen LogP contribution in [-0.2, 0) is 7.05 Å². The van der Waals surface area contributed by atoms with E-state index in [0.717, 1.165) is 10.8 Å². The van der Waals surface area contributed by atoms with E-state index in [2.05, 4.69) is 10.2 Å². The van der Waals surface area contributed by atoms with E-state index in [9.17, 15) is 0 Å². The average molecular weight is 133 g/mol.